The van der Waals surface area contributed by atoms with Gasteiger partial charge in [-0.15, -0.1) is 0 Å². The highest BCUT2D eigenvalue weighted by atomic mass is 35.5. The smallest absolute Gasteiger partial charge is 0.262 e. The molecule has 2 heterocycles. The molecule has 4 aromatic rings. The molecular weight excluding hydrogens is 450 g/mol. The maximum atomic E-state index is 12.7. The lowest BCUT2D eigenvalue weighted by atomic mass is 10.2. The SMILES string of the molecule is Cc1nc(Oc2ccc(NS(=O)(=O)c3cccc(Cl)c3C)cc2)cc(-n2ccnc2C)n1. The maximum absolute atomic E-state index is 12.7. The molecule has 0 saturated carbocycles. The van der Waals surface area contributed by atoms with Crippen LogP contribution in [0.15, 0.2) is 65.8 Å². The van der Waals surface area contributed by atoms with E-state index >= 15 is 0 Å². The third-order valence-electron chi connectivity index (χ3n) is 4.71. The highest BCUT2D eigenvalue weighted by Crippen LogP contribution is 2.27. The second-order valence-corrected chi connectivity index (χ2v) is 9.11. The normalized spacial score (nSPS) is 11.4. The molecule has 0 fully saturated rings. The molecule has 2 aromatic carbocycles. The van der Waals surface area contributed by atoms with Gasteiger partial charge in [-0.05, 0) is 62.7 Å². The summed E-state index contributed by atoms with van der Waals surface area (Å²) in [6.45, 7) is 5.32. The molecule has 4 rings (SSSR count). The number of halogens is 1. The van der Waals surface area contributed by atoms with Crippen molar-refractivity contribution >= 4 is 27.3 Å². The second-order valence-electron chi connectivity index (χ2n) is 7.05. The van der Waals surface area contributed by atoms with Crippen LogP contribution in [0.5, 0.6) is 11.6 Å². The zero-order valence-electron chi connectivity index (χ0n) is 17.6. The van der Waals surface area contributed by atoms with Crippen molar-refractivity contribution in [3.8, 4) is 17.4 Å². The fourth-order valence-corrected chi connectivity index (χ4v) is 4.68. The predicted octanol–water partition coefficient (Wildman–Crippen LogP) is 4.83. The van der Waals surface area contributed by atoms with Gasteiger partial charge in [0, 0.05) is 29.2 Å². The van der Waals surface area contributed by atoms with E-state index in [1.54, 1.807) is 62.5 Å². The van der Waals surface area contributed by atoms with Crippen LogP contribution in [0, 0.1) is 20.8 Å². The fourth-order valence-electron chi connectivity index (χ4n) is 3.12. The van der Waals surface area contributed by atoms with Gasteiger partial charge in [-0.1, -0.05) is 17.7 Å². The highest BCUT2D eigenvalue weighted by molar-refractivity contribution is 7.92. The lowest BCUT2D eigenvalue weighted by Crippen LogP contribution is -2.14. The van der Waals surface area contributed by atoms with Gasteiger partial charge in [0.15, 0.2) is 0 Å². The zero-order chi connectivity index (χ0) is 22.9. The summed E-state index contributed by atoms with van der Waals surface area (Å²) in [5.41, 5.74) is 0.884. The number of nitrogens with zero attached hydrogens (tertiary/aromatic N) is 4. The Balaban J connectivity index is 1.53. The van der Waals surface area contributed by atoms with Crippen molar-refractivity contribution in [2.75, 3.05) is 4.72 Å². The Morgan fingerprint density at radius 1 is 1.03 bits per heavy atom. The van der Waals surface area contributed by atoms with Crippen molar-refractivity contribution in [1.29, 1.82) is 0 Å². The quantitative estimate of drug-likeness (QED) is 0.434. The molecule has 1 N–H and O–H groups in total. The Morgan fingerprint density at radius 2 is 1.78 bits per heavy atom. The van der Waals surface area contributed by atoms with Crippen LogP contribution in [0.2, 0.25) is 5.02 Å². The standard InChI is InChI=1S/C22H20ClN5O3S/c1-14-19(23)5-4-6-20(14)32(29,30)27-17-7-9-18(10-8-17)31-22-13-21(25-15(2)26-22)28-12-11-24-16(28)3/h4-13,27H,1-3H3. The monoisotopic (exact) mass is 469 g/mol. The van der Waals surface area contributed by atoms with E-state index in [0.29, 0.717) is 39.5 Å². The Kier molecular flexibility index (Phi) is 5.86. The van der Waals surface area contributed by atoms with Gasteiger partial charge in [0.25, 0.3) is 10.0 Å². The van der Waals surface area contributed by atoms with E-state index in [2.05, 4.69) is 19.7 Å². The Bertz CT molecular complexity index is 1390. The molecular formula is C22H20ClN5O3S. The molecule has 32 heavy (non-hydrogen) atoms. The topological polar surface area (TPSA) is 99.0 Å². The van der Waals surface area contributed by atoms with Gasteiger partial charge in [0.05, 0.1) is 4.90 Å². The molecule has 0 spiro atoms. The number of imidazole rings is 1. The van der Waals surface area contributed by atoms with Crippen LogP contribution in [-0.4, -0.2) is 27.9 Å². The molecule has 8 nitrogen and oxygen atoms in total. The summed E-state index contributed by atoms with van der Waals surface area (Å²) in [6, 6.07) is 13.0. The van der Waals surface area contributed by atoms with Crippen molar-refractivity contribution < 1.29 is 13.2 Å². The maximum Gasteiger partial charge on any atom is 0.262 e. The van der Waals surface area contributed by atoms with Gasteiger partial charge < -0.3 is 4.74 Å². The number of benzene rings is 2. The van der Waals surface area contributed by atoms with Crippen molar-refractivity contribution in [1.82, 2.24) is 19.5 Å². The van der Waals surface area contributed by atoms with Crippen LogP contribution in [0.4, 0.5) is 5.69 Å². The van der Waals surface area contributed by atoms with Crippen molar-refractivity contribution in [2.24, 2.45) is 0 Å². The molecule has 0 aliphatic rings. The molecule has 0 saturated heterocycles. The molecule has 0 radical (unpaired) electrons. The van der Waals surface area contributed by atoms with Crippen LogP contribution in [0.1, 0.15) is 17.2 Å². The van der Waals surface area contributed by atoms with Gasteiger partial charge in [0.1, 0.15) is 23.2 Å². The fraction of sp³-hybridized carbons (Fsp3) is 0.136. The van der Waals surface area contributed by atoms with E-state index in [9.17, 15) is 8.42 Å². The van der Waals surface area contributed by atoms with Crippen LogP contribution in [0.3, 0.4) is 0 Å². The first-order valence-electron chi connectivity index (χ1n) is 9.65. The van der Waals surface area contributed by atoms with Crippen molar-refractivity contribution in [2.45, 2.75) is 25.7 Å². The van der Waals surface area contributed by atoms with Crippen molar-refractivity contribution in [3.05, 3.63) is 83.2 Å². The number of rotatable bonds is 6. The van der Waals surface area contributed by atoms with Crippen LogP contribution < -0.4 is 9.46 Å². The molecule has 0 atom stereocenters. The number of ether oxygens (including phenoxy) is 1. The third-order valence-corrected chi connectivity index (χ3v) is 6.65. The summed E-state index contributed by atoms with van der Waals surface area (Å²) in [4.78, 5) is 13.1. The highest BCUT2D eigenvalue weighted by Gasteiger charge is 2.18. The van der Waals surface area contributed by atoms with E-state index in [1.807, 2.05) is 17.7 Å². The van der Waals surface area contributed by atoms with Crippen LogP contribution in [0.25, 0.3) is 5.82 Å². The average molecular weight is 470 g/mol. The lowest BCUT2D eigenvalue weighted by Gasteiger charge is -2.12. The van der Waals surface area contributed by atoms with Crippen LogP contribution in [-0.2, 0) is 10.0 Å². The predicted molar refractivity (Wildman–Crippen MR) is 122 cm³/mol. The summed E-state index contributed by atoms with van der Waals surface area (Å²) < 4.78 is 35.7. The number of nitrogens with one attached hydrogen (secondary N) is 1. The van der Waals surface area contributed by atoms with Gasteiger partial charge in [-0.25, -0.2) is 18.4 Å². The number of anilines is 1. The van der Waals surface area contributed by atoms with Crippen LogP contribution >= 0.6 is 11.6 Å². The summed E-state index contributed by atoms with van der Waals surface area (Å²) in [7, 11) is -3.78. The summed E-state index contributed by atoms with van der Waals surface area (Å²) >= 11 is 6.06. The first kappa shape index (κ1) is 21.8. The lowest BCUT2D eigenvalue weighted by molar-refractivity contribution is 0.459. The van der Waals surface area contributed by atoms with E-state index in [0.717, 1.165) is 5.82 Å². The molecule has 0 aliphatic heterocycles. The third kappa shape index (κ3) is 4.58. The van der Waals surface area contributed by atoms with Gasteiger partial charge in [-0.3, -0.25) is 9.29 Å². The van der Waals surface area contributed by atoms with E-state index < -0.39 is 10.0 Å². The largest absolute Gasteiger partial charge is 0.439 e. The molecule has 0 bridgehead atoms. The molecule has 0 aliphatic carbocycles. The molecule has 0 amide bonds. The summed E-state index contributed by atoms with van der Waals surface area (Å²) in [6.07, 6.45) is 3.50. The minimum atomic E-state index is -3.78. The second kappa shape index (κ2) is 8.60. The Morgan fingerprint density at radius 3 is 2.47 bits per heavy atom. The summed E-state index contributed by atoms with van der Waals surface area (Å²) in [5.74, 6) is 2.85. The number of hydrogen-bond donors (Lipinski definition) is 1. The van der Waals surface area contributed by atoms with Gasteiger partial charge >= 0.3 is 0 Å². The number of sulfonamides is 1. The average Bonchev–Trinajstić information content (AvgIpc) is 3.17. The number of hydrogen-bond acceptors (Lipinski definition) is 6. The Labute approximate surface area is 191 Å². The zero-order valence-corrected chi connectivity index (χ0v) is 19.1. The summed E-state index contributed by atoms with van der Waals surface area (Å²) in [5, 5.41) is 0.391. The Hall–Kier alpha value is -3.43. The molecule has 2 aromatic heterocycles. The van der Waals surface area contributed by atoms with Gasteiger partial charge in [0.2, 0.25) is 5.88 Å². The van der Waals surface area contributed by atoms with E-state index in [-0.39, 0.29) is 4.90 Å². The molecule has 10 heteroatoms. The molecule has 0 unspecified atom stereocenters. The van der Waals surface area contributed by atoms with E-state index in [4.69, 9.17) is 16.3 Å². The van der Waals surface area contributed by atoms with E-state index in [1.165, 1.54) is 6.07 Å². The first-order chi connectivity index (χ1) is 15.2. The minimum Gasteiger partial charge on any atom is -0.439 e. The molecule has 164 valence electrons. The number of aromatic nitrogens is 4. The minimum absolute atomic E-state index is 0.129. The van der Waals surface area contributed by atoms with Gasteiger partial charge in [-0.2, -0.15) is 4.98 Å². The first-order valence-corrected chi connectivity index (χ1v) is 11.5. The number of aryl methyl sites for hydroxylation is 2. The van der Waals surface area contributed by atoms with Crippen molar-refractivity contribution in [3.63, 3.8) is 0 Å².